The molecule has 2 heterocycles. The van der Waals surface area contributed by atoms with Crippen LogP contribution in [0.5, 0.6) is 0 Å². The highest BCUT2D eigenvalue weighted by Crippen LogP contribution is 2.13. The summed E-state index contributed by atoms with van der Waals surface area (Å²) in [6, 6.07) is 10.4. The topological polar surface area (TPSA) is 76.0 Å². The van der Waals surface area contributed by atoms with Gasteiger partial charge in [0.05, 0.1) is 0 Å². The number of nitrogens with zero attached hydrogens (tertiary/aromatic N) is 1. The number of nitrogens with one attached hydrogen (secondary N) is 1. The van der Waals surface area contributed by atoms with Gasteiger partial charge in [0.1, 0.15) is 0 Å². The number of hydrogen-bond acceptors (Lipinski definition) is 4. The second-order valence-electron chi connectivity index (χ2n) is 3.78. The summed E-state index contributed by atoms with van der Waals surface area (Å²) in [5.41, 5.74) is 1.57. The summed E-state index contributed by atoms with van der Waals surface area (Å²) in [6.07, 6.45) is 1.42. The third-order valence-corrected chi connectivity index (χ3v) is 2.57. The van der Waals surface area contributed by atoms with Gasteiger partial charge in [-0.3, -0.25) is 9.78 Å². The van der Waals surface area contributed by atoms with E-state index in [0.717, 1.165) is 0 Å². The second kappa shape index (κ2) is 3.96. The summed E-state index contributed by atoms with van der Waals surface area (Å²) >= 11 is 0. The first-order valence-electron chi connectivity index (χ1n) is 5.33. The molecule has 0 aliphatic heterocycles. The van der Waals surface area contributed by atoms with Gasteiger partial charge >= 0.3 is 5.76 Å². The molecule has 0 unspecified atom stereocenters. The van der Waals surface area contributed by atoms with Gasteiger partial charge in [0.15, 0.2) is 17.0 Å². The van der Waals surface area contributed by atoms with E-state index in [0.29, 0.717) is 16.8 Å². The number of carbonyl (C=O) groups is 1. The number of aromatic amines is 1. The average Bonchev–Trinajstić information content (AvgIpc) is 2.78. The zero-order valence-electron chi connectivity index (χ0n) is 9.21. The Bertz CT molecular complexity index is 772. The highest BCUT2D eigenvalue weighted by atomic mass is 16.4. The lowest BCUT2D eigenvalue weighted by Crippen LogP contribution is -2.01. The summed E-state index contributed by atoms with van der Waals surface area (Å²) in [6.45, 7) is 0. The first-order chi connectivity index (χ1) is 8.74. The van der Waals surface area contributed by atoms with E-state index in [9.17, 15) is 9.59 Å². The maximum atomic E-state index is 12.1. The third-order valence-electron chi connectivity index (χ3n) is 2.57. The monoisotopic (exact) mass is 240 g/mol. The zero-order valence-corrected chi connectivity index (χ0v) is 9.21. The highest BCUT2D eigenvalue weighted by molar-refractivity contribution is 6.09. The summed E-state index contributed by atoms with van der Waals surface area (Å²) in [5, 5.41) is 0. The normalized spacial score (nSPS) is 10.7. The number of hydrogen-bond donors (Lipinski definition) is 1. The minimum atomic E-state index is -0.582. The molecule has 0 atom stereocenters. The molecule has 2 aromatic heterocycles. The fourth-order valence-electron chi connectivity index (χ4n) is 1.72. The Labute approximate surface area is 101 Å². The van der Waals surface area contributed by atoms with Gasteiger partial charge in [0.2, 0.25) is 0 Å². The van der Waals surface area contributed by atoms with Gasteiger partial charge in [-0.15, -0.1) is 0 Å². The fraction of sp³-hybridized carbons (Fsp3) is 0. The second-order valence-corrected chi connectivity index (χ2v) is 3.78. The van der Waals surface area contributed by atoms with Crippen LogP contribution in [0.25, 0.3) is 11.2 Å². The van der Waals surface area contributed by atoms with Crippen LogP contribution in [0.2, 0.25) is 0 Å². The molecule has 3 aromatic rings. The van der Waals surface area contributed by atoms with Crippen LogP contribution < -0.4 is 5.76 Å². The summed E-state index contributed by atoms with van der Waals surface area (Å²) in [5.74, 6) is -0.740. The van der Waals surface area contributed by atoms with Crippen molar-refractivity contribution in [2.24, 2.45) is 0 Å². The first-order valence-corrected chi connectivity index (χ1v) is 5.33. The van der Waals surface area contributed by atoms with E-state index >= 15 is 0 Å². The van der Waals surface area contributed by atoms with E-state index in [4.69, 9.17) is 4.42 Å². The molecule has 0 spiro atoms. The molecule has 0 amide bonds. The predicted molar refractivity (Wildman–Crippen MR) is 64.5 cm³/mol. The quantitative estimate of drug-likeness (QED) is 0.692. The molecule has 3 rings (SSSR count). The van der Waals surface area contributed by atoms with Crippen LogP contribution in [0.15, 0.2) is 51.8 Å². The Morgan fingerprint density at radius 3 is 2.72 bits per heavy atom. The van der Waals surface area contributed by atoms with Crippen LogP contribution in [-0.4, -0.2) is 15.8 Å². The number of benzene rings is 1. The molecule has 0 aliphatic carbocycles. The molecule has 18 heavy (non-hydrogen) atoms. The van der Waals surface area contributed by atoms with E-state index in [1.807, 2.05) is 6.07 Å². The van der Waals surface area contributed by atoms with Gasteiger partial charge in [0.25, 0.3) is 0 Å². The zero-order chi connectivity index (χ0) is 12.5. The van der Waals surface area contributed by atoms with Crippen LogP contribution in [0.4, 0.5) is 0 Å². The summed E-state index contributed by atoms with van der Waals surface area (Å²) < 4.78 is 4.87. The molecular weight excluding hydrogens is 232 g/mol. The minimum Gasteiger partial charge on any atom is -0.406 e. The molecule has 0 radical (unpaired) electrons. The largest absolute Gasteiger partial charge is 0.418 e. The Balaban J connectivity index is 2.09. The number of carbonyl (C=O) groups excluding carboxylic acids is 1. The van der Waals surface area contributed by atoms with Crippen molar-refractivity contribution in [3.63, 3.8) is 0 Å². The maximum absolute atomic E-state index is 12.1. The molecule has 1 aromatic carbocycles. The smallest absolute Gasteiger partial charge is 0.406 e. The van der Waals surface area contributed by atoms with Crippen LogP contribution in [0, 0.1) is 0 Å². The van der Waals surface area contributed by atoms with Gasteiger partial charge in [-0.2, -0.15) is 0 Å². The Kier molecular flexibility index (Phi) is 2.30. The van der Waals surface area contributed by atoms with E-state index in [2.05, 4.69) is 9.97 Å². The first kappa shape index (κ1) is 10.5. The van der Waals surface area contributed by atoms with Gasteiger partial charge in [-0.1, -0.05) is 30.3 Å². The molecule has 0 bridgehead atoms. The molecule has 5 nitrogen and oxygen atoms in total. The van der Waals surface area contributed by atoms with Gasteiger partial charge in [-0.25, -0.2) is 9.78 Å². The van der Waals surface area contributed by atoms with Crippen molar-refractivity contribution in [2.45, 2.75) is 0 Å². The Morgan fingerprint density at radius 1 is 1.17 bits per heavy atom. The number of ketones is 1. The number of pyridine rings is 1. The van der Waals surface area contributed by atoms with Crippen molar-refractivity contribution in [1.29, 1.82) is 0 Å². The van der Waals surface area contributed by atoms with Crippen molar-refractivity contribution in [3.05, 3.63) is 64.3 Å². The molecular formula is C13H8N2O3. The molecule has 0 fully saturated rings. The molecule has 0 saturated heterocycles. The number of rotatable bonds is 2. The SMILES string of the molecule is O=C(c1ccccc1)c1cnc2[nH]c(=O)oc2c1. The standard InChI is InChI=1S/C13H8N2O3/c16-11(8-4-2-1-3-5-8)9-6-10-12(14-7-9)15-13(17)18-10/h1-7H,(H,14,15,17). The molecule has 0 saturated carbocycles. The Hall–Kier alpha value is -2.69. The van der Waals surface area contributed by atoms with Gasteiger partial charge in [0, 0.05) is 17.3 Å². The van der Waals surface area contributed by atoms with Crippen molar-refractivity contribution in [3.8, 4) is 0 Å². The average molecular weight is 240 g/mol. The van der Waals surface area contributed by atoms with Crippen LogP contribution in [-0.2, 0) is 0 Å². The van der Waals surface area contributed by atoms with Crippen LogP contribution in [0.3, 0.4) is 0 Å². The lowest BCUT2D eigenvalue weighted by atomic mass is 10.1. The highest BCUT2D eigenvalue weighted by Gasteiger charge is 2.11. The minimum absolute atomic E-state index is 0.158. The molecule has 1 N–H and O–H groups in total. The fourth-order valence-corrected chi connectivity index (χ4v) is 1.72. The van der Waals surface area contributed by atoms with Crippen molar-refractivity contribution < 1.29 is 9.21 Å². The van der Waals surface area contributed by atoms with E-state index in [1.54, 1.807) is 24.3 Å². The van der Waals surface area contributed by atoms with Crippen LogP contribution >= 0.6 is 0 Å². The van der Waals surface area contributed by atoms with Crippen molar-refractivity contribution >= 4 is 17.0 Å². The molecule has 5 heteroatoms. The van der Waals surface area contributed by atoms with E-state index < -0.39 is 5.76 Å². The van der Waals surface area contributed by atoms with Crippen LogP contribution in [0.1, 0.15) is 15.9 Å². The van der Waals surface area contributed by atoms with Crippen molar-refractivity contribution in [1.82, 2.24) is 9.97 Å². The lowest BCUT2D eigenvalue weighted by Gasteiger charge is -1.99. The van der Waals surface area contributed by atoms with E-state index in [-0.39, 0.29) is 11.4 Å². The molecule has 0 aliphatic rings. The van der Waals surface area contributed by atoms with E-state index in [1.165, 1.54) is 12.3 Å². The van der Waals surface area contributed by atoms with Gasteiger partial charge < -0.3 is 4.42 Å². The molecule has 88 valence electrons. The predicted octanol–water partition coefficient (Wildman–Crippen LogP) is 1.75. The summed E-state index contributed by atoms with van der Waals surface area (Å²) in [7, 11) is 0. The number of H-pyrrole nitrogens is 1. The van der Waals surface area contributed by atoms with Gasteiger partial charge in [-0.05, 0) is 6.07 Å². The maximum Gasteiger partial charge on any atom is 0.418 e. The number of aromatic nitrogens is 2. The number of fused-ring (bicyclic) bond motifs is 1. The number of oxazole rings is 1. The summed E-state index contributed by atoms with van der Waals surface area (Å²) in [4.78, 5) is 29.5. The lowest BCUT2D eigenvalue weighted by molar-refractivity contribution is 0.103. The third kappa shape index (κ3) is 1.71. The van der Waals surface area contributed by atoms with Crippen molar-refractivity contribution in [2.75, 3.05) is 0 Å². The Morgan fingerprint density at radius 2 is 1.94 bits per heavy atom.